The highest BCUT2D eigenvalue weighted by atomic mass is 79.9. The molecule has 0 saturated carbocycles. The van der Waals surface area contributed by atoms with Gasteiger partial charge < -0.3 is 5.32 Å². The Kier molecular flexibility index (Phi) is 4.98. The first-order valence-corrected chi connectivity index (χ1v) is 7.47. The van der Waals surface area contributed by atoms with E-state index in [9.17, 15) is 0 Å². The van der Waals surface area contributed by atoms with Crippen LogP contribution in [-0.2, 0) is 6.54 Å². The fraction of sp³-hybridized carbons (Fsp3) is 0.200. The van der Waals surface area contributed by atoms with E-state index in [0.29, 0.717) is 6.04 Å². The summed E-state index contributed by atoms with van der Waals surface area (Å²) in [5.74, 6) is 0. The maximum absolute atomic E-state index is 3.53. The van der Waals surface area contributed by atoms with Gasteiger partial charge in [0.25, 0.3) is 0 Å². The molecule has 2 aromatic rings. The third-order valence-electron chi connectivity index (χ3n) is 2.87. The molecule has 1 N–H and O–H groups in total. The van der Waals surface area contributed by atoms with E-state index in [1.165, 1.54) is 11.1 Å². The van der Waals surface area contributed by atoms with Crippen molar-refractivity contribution in [1.82, 2.24) is 5.32 Å². The van der Waals surface area contributed by atoms with Crippen LogP contribution in [0.2, 0.25) is 0 Å². The summed E-state index contributed by atoms with van der Waals surface area (Å²) in [5, 5.41) is 3.53. The summed E-state index contributed by atoms with van der Waals surface area (Å²) in [5.41, 5.74) is 2.58. The third kappa shape index (κ3) is 3.94. The highest BCUT2D eigenvalue weighted by Gasteiger charge is 2.04. The molecule has 1 nitrogen and oxygen atoms in total. The lowest BCUT2D eigenvalue weighted by atomic mass is 10.1. The Hall–Kier alpha value is -0.640. The number of halogens is 2. The van der Waals surface area contributed by atoms with Crippen molar-refractivity contribution >= 4 is 31.9 Å². The van der Waals surface area contributed by atoms with E-state index in [-0.39, 0.29) is 0 Å². The number of nitrogens with one attached hydrogen (secondary N) is 1. The number of hydrogen-bond donors (Lipinski definition) is 1. The molecule has 0 aliphatic rings. The molecule has 2 aromatic carbocycles. The molecule has 0 amide bonds. The molecule has 2 rings (SSSR count). The van der Waals surface area contributed by atoms with Gasteiger partial charge in [-0.2, -0.15) is 0 Å². The standard InChI is InChI=1S/C15H15Br2N/c1-11(13-5-7-14(16)8-6-13)18-10-12-3-2-4-15(17)9-12/h2-9,11,18H,10H2,1H3. The van der Waals surface area contributed by atoms with Crippen molar-refractivity contribution in [3.63, 3.8) is 0 Å². The highest BCUT2D eigenvalue weighted by Crippen LogP contribution is 2.17. The fourth-order valence-corrected chi connectivity index (χ4v) is 2.50. The van der Waals surface area contributed by atoms with Crippen LogP contribution in [0.4, 0.5) is 0 Å². The molecule has 0 heterocycles. The molecule has 18 heavy (non-hydrogen) atoms. The highest BCUT2D eigenvalue weighted by molar-refractivity contribution is 9.10. The number of hydrogen-bond acceptors (Lipinski definition) is 1. The van der Waals surface area contributed by atoms with Gasteiger partial charge in [0, 0.05) is 21.5 Å². The van der Waals surface area contributed by atoms with Gasteiger partial charge in [0.1, 0.15) is 0 Å². The molecular weight excluding hydrogens is 354 g/mol. The first-order valence-electron chi connectivity index (χ1n) is 5.88. The lowest BCUT2D eigenvalue weighted by Gasteiger charge is -2.14. The summed E-state index contributed by atoms with van der Waals surface area (Å²) in [6.07, 6.45) is 0. The zero-order chi connectivity index (χ0) is 13.0. The van der Waals surface area contributed by atoms with Crippen molar-refractivity contribution in [3.8, 4) is 0 Å². The van der Waals surface area contributed by atoms with E-state index in [0.717, 1.165) is 15.5 Å². The maximum Gasteiger partial charge on any atom is 0.0294 e. The van der Waals surface area contributed by atoms with Crippen molar-refractivity contribution in [3.05, 3.63) is 68.6 Å². The van der Waals surface area contributed by atoms with E-state index < -0.39 is 0 Å². The second kappa shape index (κ2) is 6.50. The normalized spacial score (nSPS) is 12.4. The molecule has 0 radical (unpaired) electrons. The van der Waals surface area contributed by atoms with Gasteiger partial charge in [-0.15, -0.1) is 0 Å². The van der Waals surface area contributed by atoms with Crippen molar-refractivity contribution < 1.29 is 0 Å². The van der Waals surface area contributed by atoms with Crippen LogP contribution < -0.4 is 5.32 Å². The maximum atomic E-state index is 3.53. The topological polar surface area (TPSA) is 12.0 Å². The van der Waals surface area contributed by atoms with Gasteiger partial charge in [0.2, 0.25) is 0 Å². The zero-order valence-corrected chi connectivity index (χ0v) is 13.3. The smallest absolute Gasteiger partial charge is 0.0294 e. The Morgan fingerprint density at radius 1 is 1.00 bits per heavy atom. The molecule has 0 spiro atoms. The summed E-state index contributed by atoms with van der Waals surface area (Å²) in [7, 11) is 0. The van der Waals surface area contributed by atoms with Crippen molar-refractivity contribution in [2.75, 3.05) is 0 Å². The Labute approximate surface area is 125 Å². The van der Waals surface area contributed by atoms with Gasteiger partial charge in [-0.3, -0.25) is 0 Å². The molecule has 0 aromatic heterocycles. The molecule has 1 unspecified atom stereocenters. The lowest BCUT2D eigenvalue weighted by Crippen LogP contribution is -2.17. The van der Waals surface area contributed by atoms with Crippen LogP contribution >= 0.6 is 31.9 Å². The predicted octanol–water partition coefficient (Wildman–Crippen LogP) is 5.06. The predicted molar refractivity (Wildman–Crippen MR) is 83.5 cm³/mol. The molecule has 0 aliphatic heterocycles. The molecule has 1 atom stereocenters. The van der Waals surface area contributed by atoms with E-state index in [2.05, 4.69) is 86.6 Å². The minimum absolute atomic E-state index is 0.345. The van der Waals surface area contributed by atoms with E-state index >= 15 is 0 Å². The average molecular weight is 369 g/mol. The van der Waals surface area contributed by atoms with Crippen LogP contribution in [0.15, 0.2) is 57.5 Å². The van der Waals surface area contributed by atoms with Crippen LogP contribution in [0, 0.1) is 0 Å². The summed E-state index contributed by atoms with van der Waals surface area (Å²) < 4.78 is 2.24. The Morgan fingerprint density at radius 2 is 1.72 bits per heavy atom. The van der Waals surface area contributed by atoms with Gasteiger partial charge in [0.05, 0.1) is 0 Å². The zero-order valence-electron chi connectivity index (χ0n) is 10.2. The van der Waals surface area contributed by atoms with Crippen LogP contribution in [0.1, 0.15) is 24.1 Å². The first-order chi connectivity index (χ1) is 8.65. The largest absolute Gasteiger partial charge is 0.306 e. The number of rotatable bonds is 4. The fourth-order valence-electron chi connectivity index (χ4n) is 1.79. The second-order valence-electron chi connectivity index (χ2n) is 4.28. The quantitative estimate of drug-likeness (QED) is 0.794. The van der Waals surface area contributed by atoms with Gasteiger partial charge in [-0.1, -0.05) is 56.1 Å². The van der Waals surface area contributed by atoms with Crippen LogP contribution in [0.3, 0.4) is 0 Å². The second-order valence-corrected chi connectivity index (χ2v) is 6.12. The van der Waals surface area contributed by atoms with Gasteiger partial charge in [-0.05, 0) is 42.3 Å². The Balaban J connectivity index is 1.96. The van der Waals surface area contributed by atoms with Crippen molar-refractivity contribution in [2.24, 2.45) is 0 Å². The van der Waals surface area contributed by atoms with E-state index in [1.807, 2.05) is 6.07 Å². The monoisotopic (exact) mass is 367 g/mol. The number of benzene rings is 2. The average Bonchev–Trinajstić information content (AvgIpc) is 2.37. The molecule has 0 aliphatic carbocycles. The van der Waals surface area contributed by atoms with E-state index in [4.69, 9.17) is 0 Å². The minimum atomic E-state index is 0.345. The van der Waals surface area contributed by atoms with Crippen LogP contribution in [0.5, 0.6) is 0 Å². The SMILES string of the molecule is CC(NCc1cccc(Br)c1)c1ccc(Br)cc1. The molecule has 0 fully saturated rings. The lowest BCUT2D eigenvalue weighted by molar-refractivity contribution is 0.574. The van der Waals surface area contributed by atoms with Crippen molar-refractivity contribution in [1.29, 1.82) is 0 Å². The summed E-state index contributed by atoms with van der Waals surface area (Å²) >= 11 is 6.94. The summed E-state index contributed by atoms with van der Waals surface area (Å²) in [4.78, 5) is 0. The van der Waals surface area contributed by atoms with Crippen LogP contribution in [-0.4, -0.2) is 0 Å². The van der Waals surface area contributed by atoms with Gasteiger partial charge >= 0.3 is 0 Å². The third-order valence-corrected chi connectivity index (χ3v) is 3.89. The van der Waals surface area contributed by atoms with Gasteiger partial charge in [-0.25, -0.2) is 0 Å². The Morgan fingerprint density at radius 3 is 2.39 bits per heavy atom. The molecule has 0 bridgehead atoms. The van der Waals surface area contributed by atoms with Gasteiger partial charge in [0.15, 0.2) is 0 Å². The first kappa shape index (κ1) is 13.8. The summed E-state index contributed by atoms with van der Waals surface area (Å²) in [6, 6.07) is 17.2. The minimum Gasteiger partial charge on any atom is -0.306 e. The molecule has 0 saturated heterocycles. The van der Waals surface area contributed by atoms with E-state index in [1.54, 1.807) is 0 Å². The molecular formula is C15H15Br2N. The Bertz CT molecular complexity index is 508. The summed E-state index contributed by atoms with van der Waals surface area (Å²) in [6.45, 7) is 3.05. The molecule has 3 heteroatoms. The molecule has 94 valence electrons. The van der Waals surface area contributed by atoms with Crippen molar-refractivity contribution in [2.45, 2.75) is 19.5 Å². The van der Waals surface area contributed by atoms with Crippen LogP contribution in [0.25, 0.3) is 0 Å².